The summed E-state index contributed by atoms with van der Waals surface area (Å²) in [5.74, 6) is -0.105. The molecule has 0 aromatic carbocycles. The molecule has 2 N–H and O–H groups in total. The summed E-state index contributed by atoms with van der Waals surface area (Å²) in [5.41, 5.74) is 5.53. The Morgan fingerprint density at radius 1 is 1.77 bits per heavy atom. The Kier molecular flexibility index (Phi) is 4.18. The molecule has 4 heteroatoms. The van der Waals surface area contributed by atoms with Gasteiger partial charge in [0, 0.05) is 13.2 Å². The highest BCUT2D eigenvalue weighted by Gasteiger charge is 2.31. The van der Waals surface area contributed by atoms with Crippen LogP contribution in [0.1, 0.15) is 13.3 Å². The molecule has 0 spiro atoms. The number of hydrogen-bond acceptors (Lipinski definition) is 4. The summed E-state index contributed by atoms with van der Waals surface area (Å²) in [4.78, 5) is 11.4. The van der Waals surface area contributed by atoms with Crippen molar-refractivity contribution in [3.05, 3.63) is 0 Å². The van der Waals surface area contributed by atoms with Gasteiger partial charge >= 0.3 is 5.97 Å². The van der Waals surface area contributed by atoms with Crippen LogP contribution in [-0.4, -0.2) is 32.3 Å². The number of carbonyl (C=O) groups excluding carboxylic acids is 1. The van der Waals surface area contributed by atoms with Gasteiger partial charge in [0.25, 0.3) is 0 Å². The standard InChI is InChI=1S/C9H17NO3/c1-2-13-9(11)8(5-10)7-3-4-12-6-7/h7-8H,2-6,10H2,1H3. The van der Waals surface area contributed by atoms with Gasteiger partial charge in [-0.25, -0.2) is 0 Å². The van der Waals surface area contributed by atoms with Gasteiger partial charge in [0.1, 0.15) is 0 Å². The van der Waals surface area contributed by atoms with E-state index in [0.29, 0.717) is 19.8 Å². The van der Waals surface area contributed by atoms with Crippen LogP contribution in [0.3, 0.4) is 0 Å². The predicted octanol–water partition coefficient (Wildman–Crippen LogP) is 0.161. The van der Waals surface area contributed by atoms with E-state index in [1.165, 1.54) is 0 Å². The van der Waals surface area contributed by atoms with E-state index in [-0.39, 0.29) is 17.8 Å². The highest BCUT2D eigenvalue weighted by Crippen LogP contribution is 2.22. The van der Waals surface area contributed by atoms with E-state index in [0.717, 1.165) is 13.0 Å². The van der Waals surface area contributed by atoms with Crippen molar-refractivity contribution >= 4 is 5.97 Å². The Morgan fingerprint density at radius 2 is 2.54 bits per heavy atom. The van der Waals surface area contributed by atoms with Crippen LogP contribution >= 0.6 is 0 Å². The first-order valence-corrected chi connectivity index (χ1v) is 4.74. The first kappa shape index (κ1) is 10.5. The first-order valence-electron chi connectivity index (χ1n) is 4.74. The van der Waals surface area contributed by atoms with Gasteiger partial charge in [-0.3, -0.25) is 4.79 Å². The van der Waals surface area contributed by atoms with Crippen molar-refractivity contribution in [2.24, 2.45) is 17.6 Å². The third kappa shape index (κ3) is 2.67. The molecule has 0 amide bonds. The molecule has 1 fully saturated rings. The molecule has 0 radical (unpaired) electrons. The topological polar surface area (TPSA) is 61.5 Å². The van der Waals surface area contributed by atoms with Gasteiger partial charge in [-0.15, -0.1) is 0 Å². The quantitative estimate of drug-likeness (QED) is 0.637. The highest BCUT2D eigenvalue weighted by molar-refractivity contribution is 5.73. The van der Waals surface area contributed by atoms with Gasteiger partial charge in [-0.2, -0.15) is 0 Å². The van der Waals surface area contributed by atoms with E-state index in [1.807, 2.05) is 0 Å². The maximum Gasteiger partial charge on any atom is 0.310 e. The zero-order valence-electron chi connectivity index (χ0n) is 7.99. The lowest BCUT2D eigenvalue weighted by molar-refractivity contribution is -0.149. The number of nitrogens with two attached hydrogens (primary N) is 1. The normalized spacial score (nSPS) is 24.3. The second-order valence-electron chi connectivity index (χ2n) is 3.22. The molecule has 1 rings (SSSR count). The van der Waals surface area contributed by atoms with Crippen LogP contribution in [0.25, 0.3) is 0 Å². The fraction of sp³-hybridized carbons (Fsp3) is 0.889. The fourth-order valence-corrected chi connectivity index (χ4v) is 1.60. The second kappa shape index (κ2) is 5.19. The van der Waals surface area contributed by atoms with Crippen molar-refractivity contribution in [2.45, 2.75) is 13.3 Å². The van der Waals surface area contributed by atoms with Crippen LogP contribution in [0, 0.1) is 11.8 Å². The summed E-state index contributed by atoms with van der Waals surface area (Å²) in [6.07, 6.45) is 0.917. The van der Waals surface area contributed by atoms with Crippen molar-refractivity contribution in [2.75, 3.05) is 26.4 Å². The van der Waals surface area contributed by atoms with Gasteiger partial charge < -0.3 is 15.2 Å². The van der Waals surface area contributed by atoms with E-state index in [4.69, 9.17) is 15.2 Å². The SMILES string of the molecule is CCOC(=O)C(CN)C1CCOC1. The summed E-state index contributed by atoms with van der Waals surface area (Å²) in [6, 6.07) is 0. The monoisotopic (exact) mass is 187 g/mol. The molecule has 2 atom stereocenters. The molecule has 1 aliphatic heterocycles. The van der Waals surface area contributed by atoms with Gasteiger partial charge in [-0.05, 0) is 19.3 Å². The van der Waals surface area contributed by atoms with E-state index in [1.54, 1.807) is 6.92 Å². The van der Waals surface area contributed by atoms with Crippen molar-refractivity contribution in [3.8, 4) is 0 Å². The molecule has 1 aliphatic rings. The van der Waals surface area contributed by atoms with Gasteiger partial charge in [0.05, 0.1) is 19.1 Å². The Morgan fingerprint density at radius 3 is 3.00 bits per heavy atom. The lowest BCUT2D eigenvalue weighted by Crippen LogP contribution is -2.32. The largest absolute Gasteiger partial charge is 0.466 e. The van der Waals surface area contributed by atoms with E-state index in [9.17, 15) is 4.79 Å². The summed E-state index contributed by atoms with van der Waals surface area (Å²) in [5, 5.41) is 0. The Hall–Kier alpha value is -0.610. The molecule has 2 unspecified atom stereocenters. The van der Waals surface area contributed by atoms with E-state index < -0.39 is 0 Å². The average Bonchev–Trinajstić information content (AvgIpc) is 2.59. The lowest BCUT2D eigenvalue weighted by atomic mass is 9.92. The molecule has 0 aromatic heterocycles. The maximum absolute atomic E-state index is 11.4. The minimum atomic E-state index is -0.180. The van der Waals surface area contributed by atoms with Crippen LogP contribution in [-0.2, 0) is 14.3 Å². The average molecular weight is 187 g/mol. The Bertz CT molecular complexity index is 166. The number of carbonyl (C=O) groups is 1. The molecule has 4 nitrogen and oxygen atoms in total. The van der Waals surface area contributed by atoms with E-state index >= 15 is 0 Å². The molecule has 0 bridgehead atoms. The zero-order chi connectivity index (χ0) is 9.68. The maximum atomic E-state index is 11.4. The molecule has 0 saturated carbocycles. The third-order valence-corrected chi connectivity index (χ3v) is 2.38. The molecule has 13 heavy (non-hydrogen) atoms. The lowest BCUT2D eigenvalue weighted by Gasteiger charge is -2.18. The van der Waals surface area contributed by atoms with Crippen LogP contribution in [0.2, 0.25) is 0 Å². The molecule has 0 aromatic rings. The van der Waals surface area contributed by atoms with Crippen LogP contribution in [0.15, 0.2) is 0 Å². The van der Waals surface area contributed by atoms with Crippen LogP contribution in [0.5, 0.6) is 0 Å². The Balaban J connectivity index is 2.44. The number of ether oxygens (including phenoxy) is 2. The van der Waals surface area contributed by atoms with Crippen LogP contribution in [0.4, 0.5) is 0 Å². The number of hydrogen-bond donors (Lipinski definition) is 1. The highest BCUT2D eigenvalue weighted by atomic mass is 16.5. The number of rotatable bonds is 4. The minimum absolute atomic E-state index is 0.178. The predicted molar refractivity (Wildman–Crippen MR) is 48.1 cm³/mol. The first-order chi connectivity index (χ1) is 6.29. The summed E-state index contributed by atoms with van der Waals surface area (Å²) in [7, 11) is 0. The third-order valence-electron chi connectivity index (χ3n) is 2.38. The minimum Gasteiger partial charge on any atom is -0.466 e. The molecule has 1 heterocycles. The summed E-state index contributed by atoms with van der Waals surface area (Å²) < 4.78 is 10.1. The second-order valence-corrected chi connectivity index (χ2v) is 3.22. The molecular formula is C9H17NO3. The molecule has 76 valence electrons. The molecular weight excluding hydrogens is 170 g/mol. The molecule has 1 saturated heterocycles. The van der Waals surface area contributed by atoms with Gasteiger partial charge in [0.2, 0.25) is 0 Å². The number of esters is 1. The van der Waals surface area contributed by atoms with Crippen molar-refractivity contribution in [1.82, 2.24) is 0 Å². The van der Waals surface area contributed by atoms with E-state index in [2.05, 4.69) is 0 Å². The van der Waals surface area contributed by atoms with Crippen molar-refractivity contribution in [3.63, 3.8) is 0 Å². The summed E-state index contributed by atoms with van der Waals surface area (Å²) in [6.45, 7) is 3.95. The summed E-state index contributed by atoms with van der Waals surface area (Å²) >= 11 is 0. The zero-order valence-corrected chi connectivity index (χ0v) is 7.99. The molecule has 0 aliphatic carbocycles. The van der Waals surface area contributed by atoms with Crippen LogP contribution < -0.4 is 5.73 Å². The smallest absolute Gasteiger partial charge is 0.310 e. The van der Waals surface area contributed by atoms with Gasteiger partial charge in [-0.1, -0.05) is 0 Å². The fourth-order valence-electron chi connectivity index (χ4n) is 1.60. The van der Waals surface area contributed by atoms with Gasteiger partial charge in [0.15, 0.2) is 0 Å². The van der Waals surface area contributed by atoms with Crippen molar-refractivity contribution < 1.29 is 14.3 Å². The Labute approximate surface area is 78.4 Å². The van der Waals surface area contributed by atoms with Crippen molar-refractivity contribution in [1.29, 1.82) is 0 Å².